The highest BCUT2D eigenvalue weighted by molar-refractivity contribution is 9.10. The zero-order valence-electron chi connectivity index (χ0n) is 13.0. The summed E-state index contributed by atoms with van der Waals surface area (Å²) in [6.07, 6.45) is 3.40. The van der Waals surface area contributed by atoms with Crippen LogP contribution in [0, 0.1) is 5.92 Å². The third-order valence-corrected chi connectivity index (χ3v) is 6.18. The number of aliphatic hydroxyl groups excluding tert-OH is 1. The number of nitrogens with one attached hydrogen (secondary N) is 1. The van der Waals surface area contributed by atoms with Crippen molar-refractivity contribution in [2.24, 2.45) is 5.92 Å². The first-order valence-corrected chi connectivity index (χ1v) is 9.16. The lowest BCUT2D eigenvalue weighted by Crippen LogP contribution is -2.50. The molecule has 0 bridgehead atoms. The number of aromatic amines is 1. The van der Waals surface area contributed by atoms with E-state index in [1.165, 1.54) is 28.5 Å². The highest BCUT2D eigenvalue weighted by Gasteiger charge is 2.40. The molecule has 1 fully saturated rings. The van der Waals surface area contributed by atoms with Gasteiger partial charge in [-0.05, 0) is 64.8 Å². The van der Waals surface area contributed by atoms with Crippen molar-refractivity contribution in [2.75, 3.05) is 19.7 Å². The van der Waals surface area contributed by atoms with E-state index < -0.39 is 0 Å². The van der Waals surface area contributed by atoms with Crippen molar-refractivity contribution in [3.8, 4) is 0 Å². The largest absolute Gasteiger partial charge is 0.396 e. The van der Waals surface area contributed by atoms with Crippen LogP contribution in [0.15, 0.2) is 22.8 Å². The summed E-state index contributed by atoms with van der Waals surface area (Å²) in [6, 6.07) is 7.21. The van der Waals surface area contributed by atoms with Crippen molar-refractivity contribution in [3.05, 3.63) is 33.9 Å². The number of fused-ring (bicyclic) bond motifs is 2. The molecule has 2 aromatic rings. The first kappa shape index (κ1) is 14.7. The van der Waals surface area contributed by atoms with Crippen LogP contribution < -0.4 is 0 Å². The molecule has 1 aromatic heterocycles. The maximum absolute atomic E-state index is 9.72. The van der Waals surface area contributed by atoms with Crippen LogP contribution >= 0.6 is 15.9 Å². The van der Waals surface area contributed by atoms with Crippen molar-refractivity contribution >= 4 is 26.8 Å². The summed E-state index contributed by atoms with van der Waals surface area (Å²) >= 11 is 3.72. The fourth-order valence-corrected chi connectivity index (χ4v) is 5.19. The van der Waals surface area contributed by atoms with Gasteiger partial charge in [0.25, 0.3) is 0 Å². The molecule has 4 heteroatoms. The van der Waals surface area contributed by atoms with Crippen molar-refractivity contribution in [2.45, 2.75) is 38.1 Å². The van der Waals surface area contributed by atoms with Gasteiger partial charge in [0.1, 0.15) is 0 Å². The number of halogens is 1. The highest BCUT2D eigenvalue weighted by Crippen LogP contribution is 2.46. The zero-order chi connectivity index (χ0) is 15.3. The molecule has 0 spiro atoms. The highest BCUT2D eigenvalue weighted by atomic mass is 79.9. The third-order valence-electron chi connectivity index (χ3n) is 5.50. The molecule has 1 aliphatic heterocycles. The molecule has 2 aliphatic rings. The third kappa shape index (κ3) is 2.15. The van der Waals surface area contributed by atoms with Crippen LogP contribution in [-0.2, 0) is 6.42 Å². The smallest absolute Gasteiger partial charge is 0.0864 e. The van der Waals surface area contributed by atoms with Crippen LogP contribution in [0.25, 0.3) is 10.9 Å². The molecule has 1 unspecified atom stereocenters. The van der Waals surface area contributed by atoms with Crippen LogP contribution in [0.2, 0.25) is 0 Å². The first-order chi connectivity index (χ1) is 10.7. The predicted molar refractivity (Wildman–Crippen MR) is 93.3 cm³/mol. The average Bonchev–Trinajstić information content (AvgIpc) is 2.85. The van der Waals surface area contributed by atoms with Crippen LogP contribution in [0.1, 0.15) is 36.8 Å². The van der Waals surface area contributed by atoms with E-state index in [4.69, 9.17) is 0 Å². The number of piperidine rings is 1. The summed E-state index contributed by atoms with van der Waals surface area (Å²) in [7, 11) is 0. The Kier molecular flexibility index (Phi) is 3.79. The number of H-pyrrole nitrogens is 1. The lowest BCUT2D eigenvalue weighted by Gasteiger charge is -2.47. The van der Waals surface area contributed by atoms with E-state index in [0.29, 0.717) is 24.5 Å². The van der Waals surface area contributed by atoms with Gasteiger partial charge in [-0.15, -0.1) is 0 Å². The van der Waals surface area contributed by atoms with Crippen LogP contribution in [0.4, 0.5) is 0 Å². The van der Waals surface area contributed by atoms with Gasteiger partial charge >= 0.3 is 0 Å². The Bertz CT molecular complexity index is 696. The van der Waals surface area contributed by atoms with Crippen LogP contribution in [-0.4, -0.2) is 40.7 Å². The molecule has 2 heterocycles. The topological polar surface area (TPSA) is 39.3 Å². The van der Waals surface area contributed by atoms with Gasteiger partial charge in [0, 0.05) is 36.0 Å². The summed E-state index contributed by atoms with van der Waals surface area (Å²) in [4.78, 5) is 6.11. The van der Waals surface area contributed by atoms with Gasteiger partial charge in [-0.3, -0.25) is 4.90 Å². The van der Waals surface area contributed by atoms with Gasteiger partial charge in [0.05, 0.1) is 4.60 Å². The van der Waals surface area contributed by atoms with Crippen molar-refractivity contribution in [3.63, 3.8) is 0 Å². The van der Waals surface area contributed by atoms with Crippen LogP contribution in [0.5, 0.6) is 0 Å². The Morgan fingerprint density at radius 2 is 2.27 bits per heavy atom. The van der Waals surface area contributed by atoms with Crippen molar-refractivity contribution in [1.82, 2.24) is 9.88 Å². The molecule has 2 N–H and O–H groups in total. The predicted octanol–water partition coefficient (Wildman–Crippen LogP) is 3.66. The fourth-order valence-electron chi connectivity index (χ4n) is 4.62. The summed E-state index contributed by atoms with van der Waals surface area (Å²) in [5.74, 6) is 0.961. The Labute approximate surface area is 139 Å². The Morgan fingerprint density at radius 1 is 1.41 bits per heavy atom. The number of benzene rings is 1. The van der Waals surface area contributed by atoms with Gasteiger partial charge in [-0.2, -0.15) is 0 Å². The maximum Gasteiger partial charge on any atom is 0.0864 e. The minimum atomic E-state index is 0.309. The summed E-state index contributed by atoms with van der Waals surface area (Å²) in [5, 5.41) is 11.1. The minimum Gasteiger partial charge on any atom is -0.396 e. The van der Waals surface area contributed by atoms with Gasteiger partial charge in [0.2, 0.25) is 0 Å². The van der Waals surface area contributed by atoms with E-state index in [-0.39, 0.29) is 0 Å². The second-order valence-corrected chi connectivity index (χ2v) is 7.64. The number of aliphatic hydroxyl groups is 1. The van der Waals surface area contributed by atoms with Gasteiger partial charge in [0.15, 0.2) is 0 Å². The average molecular weight is 363 g/mol. The standard InChI is InChI=1S/C18H23BrN2O/c1-2-6-21-9-11(10-22)7-13-12-4-3-5-15-17(12)14(8-16(13)21)18(19)20-15/h3-5,11,13,16,20,22H,2,6-10H2,1H3/t11?,13-,16-/m1/s1. The van der Waals surface area contributed by atoms with E-state index in [9.17, 15) is 5.11 Å². The first-order valence-electron chi connectivity index (χ1n) is 8.36. The van der Waals surface area contributed by atoms with Crippen LogP contribution in [0.3, 0.4) is 0 Å². The number of hydrogen-bond acceptors (Lipinski definition) is 2. The van der Waals surface area contributed by atoms with E-state index in [2.05, 4.69) is 50.9 Å². The molecular weight excluding hydrogens is 340 g/mol. The quantitative estimate of drug-likeness (QED) is 0.874. The molecule has 1 aliphatic carbocycles. The number of likely N-dealkylation sites (tertiary alicyclic amines) is 1. The lowest BCUT2D eigenvalue weighted by molar-refractivity contribution is 0.0571. The number of nitrogens with zero attached hydrogens (tertiary/aromatic N) is 1. The molecule has 22 heavy (non-hydrogen) atoms. The molecule has 0 amide bonds. The summed E-state index contributed by atoms with van der Waals surface area (Å²) in [5.41, 5.74) is 4.16. The maximum atomic E-state index is 9.72. The SMILES string of the molecule is CCCN1CC(CO)C[C@@H]2c3cccc4[nH]c(Br)c(c34)C[C@H]21. The fraction of sp³-hybridized carbons (Fsp3) is 0.556. The lowest BCUT2D eigenvalue weighted by atomic mass is 9.72. The molecule has 4 rings (SSSR count). The molecule has 3 atom stereocenters. The van der Waals surface area contributed by atoms with E-state index >= 15 is 0 Å². The normalized spacial score (nSPS) is 28.0. The van der Waals surface area contributed by atoms with E-state index in [0.717, 1.165) is 30.5 Å². The number of hydrogen-bond donors (Lipinski definition) is 2. The Balaban J connectivity index is 1.83. The Morgan fingerprint density at radius 3 is 3.05 bits per heavy atom. The molecule has 3 nitrogen and oxygen atoms in total. The van der Waals surface area contributed by atoms with Gasteiger partial charge < -0.3 is 10.1 Å². The van der Waals surface area contributed by atoms with Crippen molar-refractivity contribution < 1.29 is 5.11 Å². The van der Waals surface area contributed by atoms with Gasteiger partial charge in [-0.1, -0.05) is 19.1 Å². The second-order valence-electron chi connectivity index (χ2n) is 6.84. The van der Waals surface area contributed by atoms with Gasteiger partial charge in [-0.25, -0.2) is 0 Å². The minimum absolute atomic E-state index is 0.309. The summed E-state index contributed by atoms with van der Waals surface area (Å²) < 4.78 is 1.15. The van der Waals surface area contributed by atoms with E-state index in [1.807, 2.05) is 0 Å². The second kappa shape index (κ2) is 5.66. The molecule has 1 saturated heterocycles. The number of aromatic nitrogens is 1. The monoisotopic (exact) mass is 362 g/mol. The van der Waals surface area contributed by atoms with Crippen molar-refractivity contribution in [1.29, 1.82) is 0 Å². The molecule has 1 aromatic carbocycles. The zero-order valence-corrected chi connectivity index (χ0v) is 14.6. The Hall–Kier alpha value is -0.840. The molecule has 0 saturated carbocycles. The molecular formula is C18H23BrN2O. The van der Waals surface area contributed by atoms with E-state index in [1.54, 1.807) is 0 Å². The molecule has 0 radical (unpaired) electrons. The summed E-state index contributed by atoms with van der Waals surface area (Å²) in [6.45, 7) is 4.73. The molecule has 118 valence electrons. The number of rotatable bonds is 3.